The highest BCUT2D eigenvalue weighted by Gasteiger charge is 2.22. The van der Waals surface area contributed by atoms with E-state index in [0.29, 0.717) is 0 Å². The zero-order valence-corrected chi connectivity index (χ0v) is 9.23. The van der Waals surface area contributed by atoms with E-state index in [0.717, 1.165) is 12.6 Å². The molecule has 0 bridgehead atoms. The number of ether oxygens (including phenoxy) is 1. The van der Waals surface area contributed by atoms with Crippen molar-refractivity contribution in [2.24, 2.45) is 0 Å². The van der Waals surface area contributed by atoms with E-state index >= 15 is 0 Å². The van der Waals surface area contributed by atoms with E-state index in [1.165, 1.54) is 32.1 Å². The molecule has 1 aliphatic rings. The van der Waals surface area contributed by atoms with Crippen LogP contribution in [0.1, 0.15) is 46.0 Å². The summed E-state index contributed by atoms with van der Waals surface area (Å²) < 4.78 is 5.19. The molecule has 2 nitrogen and oxygen atoms in total. The number of hydrogen-bond acceptors (Lipinski definition) is 2. The summed E-state index contributed by atoms with van der Waals surface area (Å²) in [5.41, 5.74) is 0.136. The predicted molar refractivity (Wildman–Crippen MR) is 56.0 cm³/mol. The Morgan fingerprint density at radius 2 is 1.85 bits per heavy atom. The van der Waals surface area contributed by atoms with E-state index in [9.17, 15) is 0 Å². The van der Waals surface area contributed by atoms with Gasteiger partial charge in [-0.15, -0.1) is 0 Å². The molecule has 0 atom stereocenters. The summed E-state index contributed by atoms with van der Waals surface area (Å²) >= 11 is 0. The second-order valence-corrected chi connectivity index (χ2v) is 4.80. The van der Waals surface area contributed by atoms with Crippen molar-refractivity contribution >= 4 is 0 Å². The van der Waals surface area contributed by atoms with Crippen LogP contribution in [-0.2, 0) is 4.74 Å². The van der Waals surface area contributed by atoms with Gasteiger partial charge in [-0.05, 0) is 26.7 Å². The van der Waals surface area contributed by atoms with Crippen molar-refractivity contribution in [1.29, 1.82) is 0 Å². The summed E-state index contributed by atoms with van der Waals surface area (Å²) in [5.74, 6) is 0. The molecule has 13 heavy (non-hydrogen) atoms. The normalized spacial score (nSPS) is 20.5. The molecule has 2 heteroatoms. The van der Waals surface area contributed by atoms with Gasteiger partial charge in [-0.25, -0.2) is 0 Å². The fourth-order valence-corrected chi connectivity index (χ4v) is 2.20. The van der Waals surface area contributed by atoms with Crippen LogP contribution in [-0.4, -0.2) is 25.3 Å². The monoisotopic (exact) mass is 185 g/mol. The van der Waals surface area contributed by atoms with Crippen LogP contribution in [0, 0.1) is 0 Å². The molecule has 0 radical (unpaired) electrons. The Morgan fingerprint density at radius 3 is 2.38 bits per heavy atom. The van der Waals surface area contributed by atoms with E-state index in [4.69, 9.17) is 4.74 Å². The Bertz CT molecular complexity index is 139. The molecule has 78 valence electrons. The first-order chi connectivity index (χ1) is 6.14. The third-order valence-electron chi connectivity index (χ3n) is 2.71. The van der Waals surface area contributed by atoms with Gasteiger partial charge < -0.3 is 10.1 Å². The van der Waals surface area contributed by atoms with Gasteiger partial charge >= 0.3 is 0 Å². The molecule has 0 saturated heterocycles. The zero-order valence-electron chi connectivity index (χ0n) is 9.23. The van der Waals surface area contributed by atoms with Gasteiger partial charge in [0.15, 0.2) is 0 Å². The highest BCUT2D eigenvalue weighted by Crippen LogP contribution is 2.19. The van der Waals surface area contributed by atoms with Crippen molar-refractivity contribution < 1.29 is 4.74 Å². The third kappa shape index (κ3) is 4.10. The van der Waals surface area contributed by atoms with E-state index in [2.05, 4.69) is 19.2 Å². The highest BCUT2D eigenvalue weighted by molar-refractivity contribution is 4.83. The van der Waals surface area contributed by atoms with Gasteiger partial charge in [-0.3, -0.25) is 0 Å². The third-order valence-corrected chi connectivity index (χ3v) is 2.71. The molecule has 0 amide bonds. The SMILES string of the molecule is COCC(C)(C)NC1CCCCC1. The maximum atomic E-state index is 5.19. The lowest BCUT2D eigenvalue weighted by Crippen LogP contribution is -2.49. The largest absolute Gasteiger partial charge is 0.383 e. The molecule has 1 N–H and O–H groups in total. The zero-order chi connectivity index (χ0) is 9.73. The fraction of sp³-hybridized carbons (Fsp3) is 1.00. The summed E-state index contributed by atoms with van der Waals surface area (Å²) in [4.78, 5) is 0. The number of methoxy groups -OCH3 is 1. The van der Waals surface area contributed by atoms with E-state index in [1.54, 1.807) is 7.11 Å². The molecule has 0 heterocycles. The van der Waals surface area contributed by atoms with Crippen LogP contribution in [0.15, 0.2) is 0 Å². The predicted octanol–water partition coefficient (Wildman–Crippen LogP) is 2.33. The summed E-state index contributed by atoms with van der Waals surface area (Å²) in [6, 6.07) is 0.721. The van der Waals surface area contributed by atoms with Gasteiger partial charge in [-0.2, -0.15) is 0 Å². The lowest BCUT2D eigenvalue weighted by atomic mass is 9.93. The topological polar surface area (TPSA) is 21.3 Å². The van der Waals surface area contributed by atoms with Crippen LogP contribution in [0.3, 0.4) is 0 Å². The Labute approximate surface area is 82.0 Å². The maximum Gasteiger partial charge on any atom is 0.0639 e. The van der Waals surface area contributed by atoms with E-state index < -0.39 is 0 Å². The first-order valence-electron chi connectivity index (χ1n) is 5.41. The lowest BCUT2D eigenvalue weighted by molar-refractivity contribution is 0.115. The Morgan fingerprint density at radius 1 is 1.23 bits per heavy atom. The highest BCUT2D eigenvalue weighted by atomic mass is 16.5. The molecule has 0 spiro atoms. The standard InChI is InChI=1S/C11H23NO/c1-11(2,9-13-3)12-10-7-5-4-6-8-10/h10,12H,4-9H2,1-3H3. The van der Waals surface area contributed by atoms with Crippen molar-refractivity contribution in [2.75, 3.05) is 13.7 Å². The molecular formula is C11H23NO. The van der Waals surface area contributed by atoms with Crippen LogP contribution in [0.5, 0.6) is 0 Å². The smallest absolute Gasteiger partial charge is 0.0639 e. The Kier molecular flexibility index (Phi) is 4.20. The molecule has 0 aromatic rings. The molecular weight excluding hydrogens is 162 g/mol. The quantitative estimate of drug-likeness (QED) is 0.726. The minimum atomic E-state index is 0.136. The van der Waals surface area contributed by atoms with Crippen LogP contribution in [0.4, 0.5) is 0 Å². The van der Waals surface area contributed by atoms with Gasteiger partial charge in [0.25, 0.3) is 0 Å². The fourth-order valence-electron chi connectivity index (χ4n) is 2.20. The number of hydrogen-bond donors (Lipinski definition) is 1. The summed E-state index contributed by atoms with van der Waals surface area (Å²) in [7, 11) is 1.77. The first kappa shape index (κ1) is 11.0. The average molecular weight is 185 g/mol. The Balaban J connectivity index is 2.28. The number of rotatable bonds is 4. The van der Waals surface area contributed by atoms with E-state index in [1.807, 2.05) is 0 Å². The molecule has 0 aliphatic heterocycles. The molecule has 0 aromatic carbocycles. The van der Waals surface area contributed by atoms with E-state index in [-0.39, 0.29) is 5.54 Å². The van der Waals surface area contributed by atoms with Crippen LogP contribution >= 0.6 is 0 Å². The average Bonchev–Trinajstić information content (AvgIpc) is 2.04. The van der Waals surface area contributed by atoms with Crippen molar-refractivity contribution in [3.8, 4) is 0 Å². The van der Waals surface area contributed by atoms with Crippen molar-refractivity contribution in [3.05, 3.63) is 0 Å². The van der Waals surface area contributed by atoms with Crippen molar-refractivity contribution in [3.63, 3.8) is 0 Å². The number of nitrogens with one attached hydrogen (secondary N) is 1. The molecule has 1 saturated carbocycles. The van der Waals surface area contributed by atoms with Gasteiger partial charge in [0.2, 0.25) is 0 Å². The summed E-state index contributed by atoms with van der Waals surface area (Å²) in [6.07, 6.45) is 6.88. The van der Waals surface area contributed by atoms with Crippen LogP contribution in [0.25, 0.3) is 0 Å². The van der Waals surface area contributed by atoms with Gasteiger partial charge in [0, 0.05) is 18.7 Å². The summed E-state index contributed by atoms with van der Waals surface area (Å²) in [6.45, 7) is 5.22. The second kappa shape index (κ2) is 4.97. The van der Waals surface area contributed by atoms with Gasteiger partial charge in [0.1, 0.15) is 0 Å². The maximum absolute atomic E-state index is 5.19. The second-order valence-electron chi connectivity index (χ2n) is 4.80. The minimum absolute atomic E-state index is 0.136. The van der Waals surface area contributed by atoms with Crippen molar-refractivity contribution in [1.82, 2.24) is 5.32 Å². The minimum Gasteiger partial charge on any atom is -0.383 e. The molecule has 0 unspecified atom stereocenters. The summed E-state index contributed by atoms with van der Waals surface area (Å²) in [5, 5.41) is 3.67. The van der Waals surface area contributed by atoms with Crippen LogP contribution < -0.4 is 5.32 Å². The Hall–Kier alpha value is -0.0800. The van der Waals surface area contributed by atoms with Gasteiger partial charge in [0.05, 0.1) is 6.61 Å². The lowest BCUT2D eigenvalue weighted by Gasteiger charge is -2.33. The van der Waals surface area contributed by atoms with Crippen LogP contribution in [0.2, 0.25) is 0 Å². The van der Waals surface area contributed by atoms with Gasteiger partial charge in [-0.1, -0.05) is 19.3 Å². The van der Waals surface area contributed by atoms with Crippen molar-refractivity contribution in [2.45, 2.75) is 57.5 Å². The first-order valence-corrected chi connectivity index (χ1v) is 5.41. The molecule has 1 rings (SSSR count). The molecule has 1 fully saturated rings. The molecule has 1 aliphatic carbocycles. The molecule has 0 aromatic heterocycles.